The number of carbonyl (C=O) groups excluding carboxylic acids is 4. The minimum atomic E-state index is -0.817. The number of benzene rings is 1. The van der Waals surface area contributed by atoms with Crippen LogP contribution < -0.4 is 10.6 Å². The number of carbonyl (C=O) groups is 4. The topological polar surface area (TPSA) is 102 Å². The number of hydrogen-bond donors (Lipinski definition) is 2. The second-order valence-electron chi connectivity index (χ2n) is 6.32. The van der Waals surface area contributed by atoms with Crippen molar-refractivity contribution in [2.75, 3.05) is 11.9 Å². The number of Topliss-reactive ketones (excluding diaryl/α,β-unsaturated/α-hetero) is 1. The van der Waals surface area contributed by atoms with Gasteiger partial charge in [-0.05, 0) is 50.8 Å². The molecule has 0 saturated carbocycles. The van der Waals surface area contributed by atoms with Crippen molar-refractivity contribution < 1.29 is 23.9 Å². The summed E-state index contributed by atoms with van der Waals surface area (Å²) in [5.74, 6) is -1.06. The van der Waals surface area contributed by atoms with E-state index < -0.39 is 12.0 Å². The maximum atomic E-state index is 12.6. The molecule has 0 atom stereocenters. The van der Waals surface area contributed by atoms with E-state index in [9.17, 15) is 19.2 Å². The molecule has 1 aliphatic carbocycles. The van der Waals surface area contributed by atoms with Gasteiger partial charge in [-0.15, -0.1) is 11.3 Å². The number of ketones is 1. The Labute approximate surface area is 166 Å². The molecular weight excluding hydrogens is 380 g/mol. The zero-order chi connectivity index (χ0) is 20.3. The Bertz CT molecular complexity index is 946. The monoisotopic (exact) mass is 400 g/mol. The normalized spacial score (nSPS) is 12.2. The number of imide groups is 1. The van der Waals surface area contributed by atoms with E-state index in [-0.39, 0.29) is 18.3 Å². The Morgan fingerprint density at radius 1 is 1.04 bits per heavy atom. The van der Waals surface area contributed by atoms with Crippen LogP contribution in [0, 0.1) is 0 Å². The Kier molecular flexibility index (Phi) is 5.89. The van der Waals surface area contributed by atoms with Gasteiger partial charge in [-0.25, -0.2) is 4.79 Å². The Balaban J connectivity index is 1.83. The van der Waals surface area contributed by atoms with Gasteiger partial charge in [-0.1, -0.05) is 12.1 Å². The van der Waals surface area contributed by atoms with Gasteiger partial charge in [0, 0.05) is 16.0 Å². The first-order valence-corrected chi connectivity index (χ1v) is 9.77. The fourth-order valence-electron chi connectivity index (χ4n) is 3.09. The molecule has 0 spiro atoms. The van der Waals surface area contributed by atoms with Crippen molar-refractivity contribution in [3.63, 3.8) is 0 Å². The summed E-state index contributed by atoms with van der Waals surface area (Å²) in [7, 11) is 0. The highest BCUT2D eigenvalue weighted by atomic mass is 32.1. The lowest BCUT2D eigenvalue weighted by molar-refractivity contribution is 0.0924. The molecule has 7 nitrogen and oxygen atoms in total. The molecule has 0 bridgehead atoms. The average Bonchev–Trinajstić information content (AvgIpc) is 3.22. The molecule has 0 unspecified atom stereocenters. The van der Waals surface area contributed by atoms with Crippen LogP contribution in [0.5, 0.6) is 0 Å². The van der Waals surface area contributed by atoms with E-state index in [2.05, 4.69) is 10.6 Å². The van der Waals surface area contributed by atoms with E-state index in [4.69, 9.17) is 4.74 Å². The Morgan fingerprint density at radius 3 is 2.36 bits per heavy atom. The molecule has 28 heavy (non-hydrogen) atoms. The highest BCUT2D eigenvalue weighted by Crippen LogP contribution is 2.39. The first kappa shape index (κ1) is 19.8. The molecule has 3 amide bonds. The third-order valence-electron chi connectivity index (χ3n) is 4.42. The molecule has 0 aliphatic heterocycles. The molecule has 8 heteroatoms. The molecule has 146 valence electrons. The number of thiophene rings is 1. The van der Waals surface area contributed by atoms with Gasteiger partial charge in [0.15, 0.2) is 5.78 Å². The second-order valence-corrected chi connectivity index (χ2v) is 7.43. The molecule has 1 aromatic carbocycles. The Hall–Kier alpha value is -3.00. The van der Waals surface area contributed by atoms with Gasteiger partial charge in [-0.3, -0.25) is 19.7 Å². The summed E-state index contributed by atoms with van der Waals surface area (Å²) in [5.41, 5.74) is 2.07. The molecule has 2 aromatic rings. The zero-order valence-corrected chi connectivity index (χ0v) is 16.4. The Morgan fingerprint density at radius 2 is 1.71 bits per heavy atom. The molecule has 0 radical (unpaired) electrons. The van der Waals surface area contributed by atoms with Gasteiger partial charge < -0.3 is 10.1 Å². The predicted molar refractivity (Wildman–Crippen MR) is 105 cm³/mol. The van der Waals surface area contributed by atoms with Crippen LogP contribution in [0.3, 0.4) is 0 Å². The van der Waals surface area contributed by atoms with Crippen LogP contribution in [0.4, 0.5) is 9.80 Å². The van der Waals surface area contributed by atoms with Crippen LogP contribution in [0.25, 0.3) is 0 Å². The number of ether oxygens (including phenoxy) is 1. The average molecular weight is 400 g/mol. The molecule has 3 rings (SSSR count). The van der Waals surface area contributed by atoms with Gasteiger partial charge in [0.1, 0.15) is 5.00 Å². The fraction of sp³-hybridized carbons (Fsp3) is 0.300. The zero-order valence-electron chi connectivity index (χ0n) is 15.6. The highest BCUT2D eigenvalue weighted by Gasteiger charge is 2.28. The van der Waals surface area contributed by atoms with Crippen LogP contribution in [0.2, 0.25) is 0 Å². The van der Waals surface area contributed by atoms with E-state index in [1.54, 1.807) is 31.2 Å². The van der Waals surface area contributed by atoms with Crippen molar-refractivity contribution >= 4 is 40.0 Å². The van der Waals surface area contributed by atoms with E-state index >= 15 is 0 Å². The van der Waals surface area contributed by atoms with Gasteiger partial charge in [-0.2, -0.15) is 0 Å². The number of alkyl carbamates (subject to hydrolysis) is 1. The van der Waals surface area contributed by atoms with E-state index in [1.165, 1.54) is 18.3 Å². The molecule has 0 fully saturated rings. The molecule has 1 aliphatic rings. The minimum Gasteiger partial charge on any atom is -0.450 e. The number of rotatable bonds is 5. The fourth-order valence-corrected chi connectivity index (χ4v) is 4.37. The number of aryl methyl sites for hydroxylation is 1. The summed E-state index contributed by atoms with van der Waals surface area (Å²) in [4.78, 5) is 49.3. The maximum absolute atomic E-state index is 12.6. The van der Waals surface area contributed by atoms with Gasteiger partial charge in [0.2, 0.25) is 0 Å². The third-order valence-corrected chi connectivity index (χ3v) is 5.63. The molecular formula is C20H20N2O5S. The highest BCUT2D eigenvalue weighted by molar-refractivity contribution is 7.17. The van der Waals surface area contributed by atoms with Crippen molar-refractivity contribution in [3.05, 3.63) is 51.4 Å². The number of anilines is 1. The van der Waals surface area contributed by atoms with Gasteiger partial charge in [0.05, 0.1) is 12.2 Å². The number of hydrogen-bond acceptors (Lipinski definition) is 6. The van der Waals surface area contributed by atoms with Crippen molar-refractivity contribution in [2.24, 2.45) is 0 Å². The van der Waals surface area contributed by atoms with Crippen molar-refractivity contribution in [3.8, 4) is 0 Å². The SMILES string of the molecule is CCOC(=O)NC(=O)c1c(NC(=O)c2ccc(C(C)=O)cc2)sc2c1CCC2. The third kappa shape index (κ3) is 4.12. The van der Waals surface area contributed by atoms with E-state index in [0.29, 0.717) is 21.7 Å². The maximum Gasteiger partial charge on any atom is 0.414 e. The lowest BCUT2D eigenvalue weighted by Crippen LogP contribution is -2.32. The van der Waals surface area contributed by atoms with Crippen LogP contribution >= 0.6 is 11.3 Å². The number of fused-ring (bicyclic) bond motifs is 1. The summed E-state index contributed by atoms with van der Waals surface area (Å²) in [5, 5.41) is 5.39. The standard InChI is InChI=1S/C20H20N2O5S/c1-3-27-20(26)22-18(25)16-14-5-4-6-15(14)28-19(16)21-17(24)13-9-7-12(8-10-13)11(2)23/h7-10H,3-6H2,1-2H3,(H,21,24)(H,22,25,26). The van der Waals surface area contributed by atoms with Crippen molar-refractivity contribution in [2.45, 2.75) is 33.1 Å². The lowest BCUT2D eigenvalue weighted by Gasteiger charge is -2.09. The minimum absolute atomic E-state index is 0.0837. The molecule has 1 heterocycles. The summed E-state index contributed by atoms with van der Waals surface area (Å²) in [6.07, 6.45) is 1.67. The van der Waals surface area contributed by atoms with Crippen LogP contribution in [0.1, 0.15) is 61.8 Å². The lowest BCUT2D eigenvalue weighted by atomic mass is 10.1. The smallest absolute Gasteiger partial charge is 0.414 e. The van der Waals surface area contributed by atoms with Gasteiger partial charge >= 0.3 is 6.09 Å². The summed E-state index contributed by atoms with van der Waals surface area (Å²) >= 11 is 1.35. The largest absolute Gasteiger partial charge is 0.450 e. The molecule has 2 N–H and O–H groups in total. The summed E-state index contributed by atoms with van der Waals surface area (Å²) < 4.78 is 4.77. The first-order valence-electron chi connectivity index (χ1n) is 8.95. The van der Waals surface area contributed by atoms with Crippen LogP contribution in [-0.2, 0) is 17.6 Å². The second kappa shape index (κ2) is 8.35. The van der Waals surface area contributed by atoms with E-state index in [0.717, 1.165) is 29.7 Å². The van der Waals surface area contributed by atoms with Crippen LogP contribution in [0.15, 0.2) is 24.3 Å². The van der Waals surface area contributed by atoms with E-state index in [1.807, 2.05) is 0 Å². The first-order chi connectivity index (χ1) is 13.4. The van der Waals surface area contributed by atoms with Crippen molar-refractivity contribution in [1.82, 2.24) is 5.32 Å². The molecule has 1 aromatic heterocycles. The number of amides is 3. The number of nitrogens with one attached hydrogen (secondary N) is 2. The summed E-state index contributed by atoms with van der Waals surface area (Å²) in [6.45, 7) is 3.26. The van der Waals surface area contributed by atoms with Crippen molar-refractivity contribution in [1.29, 1.82) is 0 Å². The quantitative estimate of drug-likeness (QED) is 0.747. The van der Waals surface area contributed by atoms with Crippen LogP contribution in [-0.4, -0.2) is 30.3 Å². The summed E-state index contributed by atoms with van der Waals surface area (Å²) in [6, 6.07) is 6.29. The predicted octanol–water partition coefficient (Wildman–Crippen LogP) is 3.58. The molecule has 0 saturated heterocycles. The van der Waals surface area contributed by atoms with Gasteiger partial charge in [0.25, 0.3) is 11.8 Å².